The van der Waals surface area contributed by atoms with Crippen LogP contribution in [0.3, 0.4) is 0 Å². The number of carbonyl (C=O) groups is 1. The van der Waals surface area contributed by atoms with Crippen LogP contribution < -0.4 is 15.8 Å². The molecule has 172 valence electrons. The number of aromatic nitrogens is 1. The van der Waals surface area contributed by atoms with Gasteiger partial charge in [-0.3, -0.25) is 4.79 Å². The number of thiocarbonyl (C=S) groups is 1. The summed E-state index contributed by atoms with van der Waals surface area (Å²) in [6, 6.07) is 21.9. The number of methoxy groups -OCH3 is 1. The largest absolute Gasteiger partial charge is 0.497 e. The zero-order valence-electron chi connectivity index (χ0n) is 18.2. The van der Waals surface area contributed by atoms with Gasteiger partial charge in [0.2, 0.25) is 5.78 Å². The average molecular weight is 510 g/mol. The average Bonchev–Trinajstić information content (AvgIpc) is 3.17. The van der Waals surface area contributed by atoms with E-state index in [-0.39, 0.29) is 22.2 Å². The Morgan fingerprint density at radius 3 is 2.38 bits per heavy atom. The van der Waals surface area contributed by atoms with Gasteiger partial charge in [0.25, 0.3) is 0 Å². The van der Waals surface area contributed by atoms with E-state index in [4.69, 9.17) is 45.9 Å². The Labute approximate surface area is 212 Å². The highest BCUT2D eigenvalue weighted by Gasteiger charge is 2.24. The maximum absolute atomic E-state index is 13.3. The van der Waals surface area contributed by atoms with Gasteiger partial charge in [-0.1, -0.05) is 65.8 Å². The van der Waals surface area contributed by atoms with Gasteiger partial charge >= 0.3 is 0 Å². The minimum absolute atomic E-state index is 0.222. The van der Waals surface area contributed by atoms with Crippen LogP contribution in [0.2, 0.25) is 10.0 Å². The summed E-state index contributed by atoms with van der Waals surface area (Å²) in [4.78, 5) is 17.1. The van der Waals surface area contributed by atoms with Gasteiger partial charge in [-0.2, -0.15) is 0 Å². The lowest BCUT2D eigenvalue weighted by molar-refractivity contribution is 0.103. The number of H-pyrrole nitrogens is 1. The Bertz CT molecular complexity index is 1350. The summed E-state index contributed by atoms with van der Waals surface area (Å²) in [5, 5.41) is 3.95. The highest BCUT2D eigenvalue weighted by Crippen LogP contribution is 2.33. The molecule has 3 aromatic carbocycles. The standard InChI is InChI=1S/C26H21Cl2N3O2S/c1-33-18-10-8-17(9-11-18)30-26-22(21(34)13-15-5-3-2-4-6-15)23(29)24(31-26)25(32)16-7-12-19(27)20(28)14-16/h2-12,14,30-31H,13,29H2,1H3. The topological polar surface area (TPSA) is 80.1 Å². The summed E-state index contributed by atoms with van der Waals surface area (Å²) < 4.78 is 5.23. The van der Waals surface area contributed by atoms with Crippen LogP contribution in [0.5, 0.6) is 5.75 Å². The van der Waals surface area contributed by atoms with E-state index >= 15 is 0 Å². The summed E-state index contributed by atoms with van der Waals surface area (Å²) >= 11 is 17.9. The zero-order valence-corrected chi connectivity index (χ0v) is 20.5. The van der Waals surface area contributed by atoms with E-state index in [9.17, 15) is 4.79 Å². The van der Waals surface area contributed by atoms with E-state index in [1.54, 1.807) is 19.2 Å². The number of ether oxygens (including phenoxy) is 1. The second-order valence-corrected chi connectivity index (χ2v) is 8.87. The predicted octanol–water partition coefficient (Wildman–Crippen LogP) is 6.85. The fourth-order valence-electron chi connectivity index (χ4n) is 3.55. The first-order chi connectivity index (χ1) is 16.4. The van der Waals surface area contributed by atoms with E-state index in [1.165, 1.54) is 6.07 Å². The maximum atomic E-state index is 13.3. The molecule has 1 heterocycles. The Morgan fingerprint density at radius 1 is 1.03 bits per heavy atom. The molecule has 0 atom stereocenters. The van der Waals surface area contributed by atoms with Crippen LogP contribution in [-0.2, 0) is 6.42 Å². The predicted molar refractivity (Wildman–Crippen MR) is 143 cm³/mol. The van der Waals surface area contributed by atoms with Crippen LogP contribution in [-0.4, -0.2) is 22.7 Å². The Kier molecular flexibility index (Phi) is 7.22. The van der Waals surface area contributed by atoms with Crippen LogP contribution in [0, 0.1) is 0 Å². The number of nitrogens with two attached hydrogens (primary N) is 1. The molecule has 5 nitrogen and oxygen atoms in total. The van der Waals surface area contributed by atoms with Gasteiger partial charge in [0.05, 0.1) is 28.4 Å². The molecule has 4 aromatic rings. The Morgan fingerprint density at radius 2 is 1.74 bits per heavy atom. The van der Waals surface area contributed by atoms with Gasteiger partial charge in [-0.25, -0.2) is 0 Å². The van der Waals surface area contributed by atoms with E-state index in [2.05, 4.69) is 10.3 Å². The van der Waals surface area contributed by atoms with Crippen molar-refractivity contribution in [1.82, 2.24) is 4.98 Å². The number of ketones is 1. The molecular weight excluding hydrogens is 489 g/mol. The lowest BCUT2D eigenvalue weighted by atomic mass is 10.0. The molecular formula is C26H21Cl2N3O2S. The van der Waals surface area contributed by atoms with E-state index < -0.39 is 0 Å². The Balaban J connectivity index is 1.74. The van der Waals surface area contributed by atoms with Crippen molar-refractivity contribution in [2.24, 2.45) is 0 Å². The zero-order chi connectivity index (χ0) is 24.2. The molecule has 34 heavy (non-hydrogen) atoms. The van der Waals surface area contributed by atoms with Crippen molar-refractivity contribution < 1.29 is 9.53 Å². The fraction of sp³-hybridized carbons (Fsp3) is 0.0769. The number of hydrogen-bond donors (Lipinski definition) is 3. The third kappa shape index (κ3) is 5.09. The van der Waals surface area contributed by atoms with Gasteiger partial charge in [-0.15, -0.1) is 0 Å². The van der Waals surface area contributed by atoms with Crippen molar-refractivity contribution in [3.05, 3.63) is 105 Å². The van der Waals surface area contributed by atoms with E-state index in [0.717, 1.165) is 17.0 Å². The second kappa shape index (κ2) is 10.3. The monoisotopic (exact) mass is 509 g/mol. The second-order valence-electron chi connectivity index (χ2n) is 7.56. The molecule has 0 radical (unpaired) electrons. The van der Waals surface area contributed by atoms with Crippen LogP contribution in [0.25, 0.3) is 0 Å². The molecule has 0 unspecified atom stereocenters. The van der Waals surface area contributed by atoms with E-state index in [0.29, 0.717) is 33.3 Å². The van der Waals surface area contributed by atoms with E-state index in [1.807, 2.05) is 54.6 Å². The molecule has 1 aromatic heterocycles. The molecule has 0 aliphatic rings. The fourth-order valence-corrected chi connectivity index (χ4v) is 4.22. The number of benzene rings is 3. The number of carbonyl (C=O) groups excluding carboxylic acids is 1. The summed E-state index contributed by atoms with van der Waals surface area (Å²) in [5.74, 6) is 0.946. The summed E-state index contributed by atoms with van der Waals surface area (Å²) in [7, 11) is 1.61. The van der Waals surface area contributed by atoms with Crippen LogP contribution in [0.15, 0.2) is 72.8 Å². The van der Waals surface area contributed by atoms with Crippen molar-refractivity contribution in [1.29, 1.82) is 0 Å². The third-order valence-electron chi connectivity index (χ3n) is 5.29. The highest BCUT2D eigenvalue weighted by molar-refractivity contribution is 7.80. The number of nitrogen functional groups attached to an aromatic ring is 1. The smallest absolute Gasteiger partial charge is 0.211 e. The quantitative estimate of drug-likeness (QED) is 0.179. The number of anilines is 3. The van der Waals surface area contributed by atoms with Gasteiger partial charge in [-0.05, 0) is 48.0 Å². The van der Waals surface area contributed by atoms with Crippen molar-refractivity contribution in [2.75, 3.05) is 18.2 Å². The minimum Gasteiger partial charge on any atom is -0.497 e. The van der Waals surface area contributed by atoms with Gasteiger partial charge in [0.1, 0.15) is 17.3 Å². The first-order valence-electron chi connectivity index (χ1n) is 10.4. The summed E-state index contributed by atoms with van der Waals surface area (Å²) in [6.45, 7) is 0. The van der Waals surface area contributed by atoms with Crippen LogP contribution in [0.1, 0.15) is 27.2 Å². The van der Waals surface area contributed by atoms with Gasteiger partial charge in [0.15, 0.2) is 0 Å². The maximum Gasteiger partial charge on any atom is 0.211 e. The molecule has 0 aliphatic heterocycles. The SMILES string of the molecule is COc1ccc(Nc2[nH]c(C(=O)c3ccc(Cl)c(Cl)c3)c(N)c2C(=S)Cc2ccccc2)cc1. The van der Waals surface area contributed by atoms with Gasteiger partial charge < -0.3 is 20.8 Å². The van der Waals surface area contributed by atoms with Gasteiger partial charge in [0, 0.05) is 22.5 Å². The van der Waals surface area contributed by atoms with Crippen LogP contribution in [0.4, 0.5) is 17.2 Å². The van der Waals surface area contributed by atoms with Crippen molar-refractivity contribution >= 4 is 63.3 Å². The van der Waals surface area contributed by atoms with Crippen molar-refractivity contribution in [3.63, 3.8) is 0 Å². The normalized spacial score (nSPS) is 10.7. The summed E-state index contributed by atoms with van der Waals surface area (Å²) in [5.41, 5.74) is 9.76. The molecule has 0 saturated heterocycles. The summed E-state index contributed by atoms with van der Waals surface area (Å²) in [6.07, 6.45) is 0.496. The molecule has 0 fully saturated rings. The third-order valence-corrected chi connectivity index (χ3v) is 6.38. The number of rotatable bonds is 8. The molecule has 0 spiro atoms. The molecule has 4 N–H and O–H groups in total. The lowest BCUT2D eigenvalue weighted by Crippen LogP contribution is -2.08. The molecule has 0 amide bonds. The number of hydrogen-bond acceptors (Lipinski definition) is 5. The molecule has 0 bridgehead atoms. The number of nitrogens with one attached hydrogen (secondary N) is 2. The first kappa shape index (κ1) is 23.8. The molecule has 4 rings (SSSR count). The van der Waals surface area contributed by atoms with Crippen LogP contribution >= 0.6 is 35.4 Å². The minimum atomic E-state index is -0.317. The van der Waals surface area contributed by atoms with Crippen molar-refractivity contribution in [3.8, 4) is 5.75 Å². The highest BCUT2D eigenvalue weighted by atomic mass is 35.5. The molecule has 8 heteroatoms. The Hall–Kier alpha value is -3.32. The van der Waals surface area contributed by atoms with Crippen molar-refractivity contribution in [2.45, 2.75) is 6.42 Å². The number of aromatic amines is 1. The number of halogens is 2. The molecule has 0 saturated carbocycles. The molecule has 0 aliphatic carbocycles. The lowest BCUT2D eigenvalue weighted by Gasteiger charge is -2.10. The first-order valence-corrected chi connectivity index (χ1v) is 11.5.